The molecule has 2 atom stereocenters. The highest BCUT2D eigenvalue weighted by Gasteiger charge is 2.23. The van der Waals surface area contributed by atoms with E-state index in [0.29, 0.717) is 12.6 Å². The SMILES string of the molecule is CC(c1ccc(C2COc3ccccc3O2)cc1)N1CCCC1. The maximum atomic E-state index is 6.08. The molecule has 3 nitrogen and oxygen atoms in total. The summed E-state index contributed by atoms with van der Waals surface area (Å²) >= 11 is 0. The Hall–Kier alpha value is -2.00. The first-order valence-electron chi connectivity index (χ1n) is 8.53. The number of hydrogen-bond acceptors (Lipinski definition) is 3. The van der Waals surface area contributed by atoms with Gasteiger partial charge in [-0.3, -0.25) is 4.90 Å². The maximum absolute atomic E-state index is 6.08. The predicted octanol–water partition coefficient (Wildman–Crippen LogP) is 4.36. The lowest BCUT2D eigenvalue weighted by Gasteiger charge is -2.27. The van der Waals surface area contributed by atoms with Gasteiger partial charge in [-0.2, -0.15) is 0 Å². The van der Waals surface area contributed by atoms with E-state index < -0.39 is 0 Å². The van der Waals surface area contributed by atoms with Crippen molar-refractivity contribution >= 4 is 0 Å². The Morgan fingerprint density at radius 1 is 0.957 bits per heavy atom. The Kier molecular flexibility index (Phi) is 3.96. The molecule has 2 unspecified atom stereocenters. The summed E-state index contributed by atoms with van der Waals surface area (Å²) in [4.78, 5) is 2.56. The fraction of sp³-hybridized carbons (Fsp3) is 0.400. The van der Waals surface area contributed by atoms with Gasteiger partial charge in [0.25, 0.3) is 0 Å². The molecule has 4 rings (SSSR count). The molecular formula is C20H23NO2. The molecular weight excluding hydrogens is 286 g/mol. The zero-order valence-corrected chi connectivity index (χ0v) is 13.6. The second kappa shape index (κ2) is 6.25. The third kappa shape index (κ3) is 2.93. The first-order chi connectivity index (χ1) is 11.3. The highest BCUT2D eigenvalue weighted by Crippen LogP contribution is 2.36. The van der Waals surface area contributed by atoms with Crippen LogP contribution in [-0.4, -0.2) is 24.6 Å². The van der Waals surface area contributed by atoms with Gasteiger partial charge in [-0.1, -0.05) is 36.4 Å². The second-order valence-electron chi connectivity index (χ2n) is 6.45. The van der Waals surface area contributed by atoms with E-state index in [0.717, 1.165) is 11.5 Å². The summed E-state index contributed by atoms with van der Waals surface area (Å²) in [5.74, 6) is 1.67. The van der Waals surface area contributed by atoms with Crippen LogP contribution in [-0.2, 0) is 0 Å². The Balaban J connectivity index is 1.48. The fourth-order valence-corrected chi connectivity index (χ4v) is 3.51. The molecule has 1 saturated heterocycles. The molecule has 0 N–H and O–H groups in total. The van der Waals surface area contributed by atoms with Gasteiger partial charge in [0.15, 0.2) is 17.6 Å². The van der Waals surface area contributed by atoms with Crippen molar-refractivity contribution in [1.29, 1.82) is 0 Å². The minimum Gasteiger partial charge on any atom is -0.485 e. The van der Waals surface area contributed by atoms with Crippen LogP contribution >= 0.6 is 0 Å². The Labute approximate surface area is 137 Å². The summed E-state index contributed by atoms with van der Waals surface area (Å²) in [6.07, 6.45) is 2.63. The van der Waals surface area contributed by atoms with E-state index >= 15 is 0 Å². The molecule has 0 aromatic heterocycles. The number of fused-ring (bicyclic) bond motifs is 1. The minimum atomic E-state index is -0.0268. The number of nitrogens with zero attached hydrogens (tertiary/aromatic N) is 1. The van der Waals surface area contributed by atoms with Crippen molar-refractivity contribution in [3.05, 3.63) is 59.7 Å². The second-order valence-corrected chi connectivity index (χ2v) is 6.45. The molecule has 2 aliphatic heterocycles. The molecule has 0 saturated carbocycles. The smallest absolute Gasteiger partial charge is 0.162 e. The monoisotopic (exact) mass is 309 g/mol. The lowest BCUT2D eigenvalue weighted by molar-refractivity contribution is 0.0912. The van der Waals surface area contributed by atoms with Crippen molar-refractivity contribution in [3.8, 4) is 11.5 Å². The molecule has 2 aromatic carbocycles. The molecule has 120 valence electrons. The molecule has 0 spiro atoms. The zero-order chi connectivity index (χ0) is 15.6. The summed E-state index contributed by atoms with van der Waals surface area (Å²) in [5.41, 5.74) is 2.56. The van der Waals surface area contributed by atoms with Crippen molar-refractivity contribution < 1.29 is 9.47 Å². The molecule has 2 aromatic rings. The first-order valence-corrected chi connectivity index (χ1v) is 8.53. The van der Waals surface area contributed by atoms with Gasteiger partial charge in [0.05, 0.1) is 0 Å². The summed E-state index contributed by atoms with van der Waals surface area (Å²) in [6.45, 7) is 5.31. The fourth-order valence-electron chi connectivity index (χ4n) is 3.51. The Bertz CT molecular complexity index is 662. The number of para-hydroxylation sites is 2. The summed E-state index contributed by atoms with van der Waals surface area (Å²) < 4.78 is 11.9. The third-order valence-corrected chi connectivity index (χ3v) is 4.99. The largest absolute Gasteiger partial charge is 0.485 e. The van der Waals surface area contributed by atoms with Gasteiger partial charge in [-0.25, -0.2) is 0 Å². The molecule has 2 heterocycles. The maximum Gasteiger partial charge on any atom is 0.162 e. The molecule has 23 heavy (non-hydrogen) atoms. The van der Waals surface area contributed by atoms with E-state index in [1.807, 2.05) is 24.3 Å². The first kappa shape index (κ1) is 14.6. The van der Waals surface area contributed by atoms with Crippen molar-refractivity contribution in [2.75, 3.05) is 19.7 Å². The average molecular weight is 309 g/mol. The van der Waals surface area contributed by atoms with Crippen LogP contribution in [0, 0.1) is 0 Å². The zero-order valence-electron chi connectivity index (χ0n) is 13.6. The van der Waals surface area contributed by atoms with Crippen molar-refractivity contribution in [2.24, 2.45) is 0 Å². The van der Waals surface area contributed by atoms with E-state index in [9.17, 15) is 0 Å². The molecule has 3 heteroatoms. The number of ether oxygens (including phenoxy) is 2. The van der Waals surface area contributed by atoms with Gasteiger partial charge >= 0.3 is 0 Å². The Morgan fingerprint density at radius 2 is 1.65 bits per heavy atom. The van der Waals surface area contributed by atoms with Gasteiger partial charge in [-0.05, 0) is 56.1 Å². The predicted molar refractivity (Wildman–Crippen MR) is 91.0 cm³/mol. The highest BCUT2D eigenvalue weighted by molar-refractivity contribution is 5.41. The number of hydrogen-bond donors (Lipinski definition) is 0. The standard InChI is InChI=1S/C20H23NO2/c1-15(21-12-4-5-13-21)16-8-10-17(11-9-16)20-14-22-18-6-2-3-7-19(18)23-20/h2-3,6-11,15,20H,4-5,12-14H2,1H3. The topological polar surface area (TPSA) is 21.7 Å². The number of benzene rings is 2. The molecule has 0 aliphatic carbocycles. The van der Waals surface area contributed by atoms with Gasteiger partial charge in [-0.15, -0.1) is 0 Å². The van der Waals surface area contributed by atoms with Gasteiger partial charge in [0.2, 0.25) is 0 Å². The normalized spacial score (nSPS) is 22.0. The molecule has 0 radical (unpaired) electrons. The molecule has 2 aliphatic rings. The van der Waals surface area contributed by atoms with Crippen LogP contribution in [0.4, 0.5) is 0 Å². The minimum absolute atomic E-state index is 0.0268. The third-order valence-electron chi connectivity index (χ3n) is 4.99. The lowest BCUT2D eigenvalue weighted by atomic mass is 10.0. The average Bonchev–Trinajstić information content (AvgIpc) is 3.15. The molecule has 0 bridgehead atoms. The van der Waals surface area contributed by atoms with Crippen LogP contribution in [0.5, 0.6) is 11.5 Å². The quantitative estimate of drug-likeness (QED) is 0.841. The van der Waals surface area contributed by atoms with E-state index in [2.05, 4.69) is 36.1 Å². The van der Waals surface area contributed by atoms with Crippen molar-refractivity contribution in [2.45, 2.75) is 31.9 Å². The van der Waals surface area contributed by atoms with Crippen LogP contribution in [0.3, 0.4) is 0 Å². The van der Waals surface area contributed by atoms with Crippen molar-refractivity contribution in [3.63, 3.8) is 0 Å². The van der Waals surface area contributed by atoms with Gasteiger partial charge in [0, 0.05) is 6.04 Å². The lowest BCUT2D eigenvalue weighted by Crippen LogP contribution is -2.24. The van der Waals surface area contributed by atoms with Crippen LogP contribution < -0.4 is 9.47 Å². The van der Waals surface area contributed by atoms with Crippen LogP contribution in [0.15, 0.2) is 48.5 Å². The van der Waals surface area contributed by atoms with E-state index in [1.165, 1.54) is 37.1 Å². The molecule has 0 amide bonds. The van der Waals surface area contributed by atoms with E-state index in [-0.39, 0.29) is 6.10 Å². The van der Waals surface area contributed by atoms with E-state index in [4.69, 9.17) is 9.47 Å². The summed E-state index contributed by atoms with van der Waals surface area (Å²) in [6, 6.07) is 17.2. The molecule has 1 fully saturated rings. The number of likely N-dealkylation sites (tertiary alicyclic amines) is 1. The van der Waals surface area contributed by atoms with Gasteiger partial charge < -0.3 is 9.47 Å². The number of rotatable bonds is 3. The van der Waals surface area contributed by atoms with Crippen LogP contribution in [0.1, 0.15) is 43.0 Å². The van der Waals surface area contributed by atoms with Gasteiger partial charge in [0.1, 0.15) is 6.61 Å². The van der Waals surface area contributed by atoms with Crippen LogP contribution in [0.2, 0.25) is 0 Å². The van der Waals surface area contributed by atoms with Crippen LogP contribution in [0.25, 0.3) is 0 Å². The summed E-state index contributed by atoms with van der Waals surface area (Å²) in [7, 11) is 0. The van der Waals surface area contributed by atoms with E-state index in [1.54, 1.807) is 0 Å². The summed E-state index contributed by atoms with van der Waals surface area (Å²) in [5, 5.41) is 0. The highest BCUT2D eigenvalue weighted by atomic mass is 16.6. The van der Waals surface area contributed by atoms with Crippen molar-refractivity contribution in [1.82, 2.24) is 4.90 Å². The Morgan fingerprint density at radius 3 is 2.39 bits per heavy atom.